The van der Waals surface area contributed by atoms with Crippen LogP contribution in [0.25, 0.3) is 22.0 Å². The summed E-state index contributed by atoms with van der Waals surface area (Å²) in [5.74, 6) is 0. The second kappa shape index (κ2) is 7.28. The molecule has 5 rings (SSSR count). The standard InChI is InChI=1S/C22H25N3O4S/c1-24-12-19(17-7-8-23-21(17)22(24)26)18-11-15(30(27,28)16-13-29-14-16)5-6-20(18)25-9-3-2-4-10-25/h5-8,11-12,16,23H,2-4,9-10,13-14H2,1H3. The van der Waals surface area contributed by atoms with Crippen molar-refractivity contribution in [3.63, 3.8) is 0 Å². The van der Waals surface area contributed by atoms with Crippen molar-refractivity contribution in [2.45, 2.75) is 29.4 Å². The van der Waals surface area contributed by atoms with E-state index in [-0.39, 0.29) is 18.8 Å². The van der Waals surface area contributed by atoms with E-state index in [1.165, 1.54) is 6.42 Å². The van der Waals surface area contributed by atoms with E-state index in [1.807, 2.05) is 18.3 Å². The molecule has 0 spiro atoms. The van der Waals surface area contributed by atoms with E-state index < -0.39 is 15.1 Å². The fourth-order valence-electron chi connectivity index (χ4n) is 4.39. The number of fused-ring (bicyclic) bond motifs is 1. The molecule has 0 saturated carbocycles. The van der Waals surface area contributed by atoms with Crippen LogP contribution in [0.4, 0.5) is 5.69 Å². The number of hydrogen-bond donors (Lipinski definition) is 1. The first-order valence-electron chi connectivity index (χ1n) is 10.3. The van der Waals surface area contributed by atoms with Crippen LogP contribution in [0, 0.1) is 0 Å². The molecule has 2 fully saturated rings. The molecule has 1 aromatic carbocycles. The number of hydrogen-bond acceptors (Lipinski definition) is 5. The summed E-state index contributed by atoms with van der Waals surface area (Å²) in [4.78, 5) is 18.2. The Bertz CT molecular complexity index is 1270. The zero-order chi connectivity index (χ0) is 20.9. The Morgan fingerprint density at radius 2 is 1.83 bits per heavy atom. The van der Waals surface area contributed by atoms with Crippen molar-refractivity contribution in [3.05, 3.63) is 47.0 Å². The first-order valence-corrected chi connectivity index (χ1v) is 11.9. The minimum atomic E-state index is -3.46. The number of pyridine rings is 1. The molecule has 2 saturated heterocycles. The normalized spacial score (nSPS) is 18.0. The van der Waals surface area contributed by atoms with Crippen LogP contribution in [0.2, 0.25) is 0 Å². The Balaban J connectivity index is 1.74. The molecule has 0 atom stereocenters. The predicted octanol–water partition coefficient (Wildman–Crippen LogP) is 2.70. The number of benzene rings is 1. The summed E-state index contributed by atoms with van der Waals surface area (Å²) in [6.45, 7) is 2.37. The first kappa shape index (κ1) is 19.4. The molecule has 2 aromatic heterocycles. The fraction of sp³-hybridized carbons (Fsp3) is 0.409. The number of rotatable bonds is 4. The van der Waals surface area contributed by atoms with E-state index in [0.29, 0.717) is 10.4 Å². The van der Waals surface area contributed by atoms with Crippen LogP contribution in [-0.4, -0.2) is 49.5 Å². The van der Waals surface area contributed by atoms with E-state index in [2.05, 4.69) is 9.88 Å². The zero-order valence-corrected chi connectivity index (χ0v) is 17.7. The van der Waals surface area contributed by atoms with Gasteiger partial charge in [0.15, 0.2) is 9.84 Å². The number of nitrogens with one attached hydrogen (secondary N) is 1. The van der Waals surface area contributed by atoms with Crippen LogP contribution in [0.15, 0.2) is 46.3 Å². The van der Waals surface area contributed by atoms with Crippen molar-refractivity contribution < 1.29 is 13.2 Å². The van der Waals surface area contributed by atoms with Gasteiger partial charge in [0.1, 0.15) is 10.8 Å². The zero-order valence-electron chi connectivity index (χ0n) is 16.9. The lowest BCUT2D eigenvalue weighted by molar-refractivity contribution is 0.0416. The van der Waals surface area contributed by atoms with E-state index in [0.717, 1.165) is 48.1 Å². The third-order valence-corrected chi connectivity index (χ3v) is 8.28. The van der Waals surface area contributed by atoms with Crippen LogP contribution in [0.1, 0.15) is 19.3 Å². The molecular formula is C22H25N3O4S. The highest BCUT2D eigenvalue weighted by atomic mass is 32.2. The van der Waals surface area contributed by atoms with Gasteiger partial charge in [-0.2, -0.15) is 0 Å². The van der Waals surface area contributed by atoms with Crippen molar-refractivity contribution in [2.75, 3.05) is 31.2 Å². The number of ether oxygens (including phenoxy) is 1. The van der Waals surface area contributed by atoms with Crippen molar-refractivity contribution >= 4 is 26.4 Å². The topological polar surface area (TPSA) is 84.4 Å². The number of anilines is 1. The molecule has 0 radical (unpaired) electrons. The largest absolute Gasteiger partial charge is 0.379 e. The summed E-state index contributed by atoms with van der Waals surface area (Å²) >= 11 is 0. The maximum atomic E-state index is 13.1. The average molecular weight is 428 g/mol. The predicted molar refractivity (Wildman–Crippen MR) is 117 cm³/mol. The monoisotopic (exact) mass is 427 g/mol. The Morgan fingerprint density at radius 3 is 2.53 bits per heavy atom. The van der Waals surface area contributed by atoms with E-state index in [9.17, 15) is 13.2 Å². The summed E-state index contributed by atoms with van der Waals surface area (Å²) in [5.41, 5.74) is 3.14. The summed E-state index contributed by atoms with van der Waals surface area (Å²) in [6, 6.07) is 7.31. The van der Waals surface area contributed by atoms with Gasteiger partial charge in [0.2, 0.25) is 0 Å². The third-order valence-electron chi connectivity index (χ3n) is 6.22. The van der Waals surface area contributed by atoms with Gasteiger partial charge in [0.05, 0.1) is 18.1 Å². The van der Waals surface area contributed by atoms with Gasteiger partial charge < -0.3 is 19.2 Å². The molecule has 3 aromatic rings. The van der Waals surface area contributed by atoms with Crippen molar-refractivity contribution in [2.24, 2.45) is 7.05 Å². The second-order valence-electron chi connectivity index (χ2n) is 8.16. The quantitative estimate of drug-likeness (QED) is 0.692. The average Bonchev–Trinajstić information content (AvgIpc) is 3.19. The van der Waals surface area contributed by atoms with Gasteiger partial charge in [-0.05, 0) is 43.5 Å². The SMILES string of the molecule is Cn1cc(-c2cc(S(=O)(=O)C3COC3)ccc2N2CCCCC2)c2cc[nH]c2c1=O. The van der Waals surface area contributed by atoms with E-state index in [1.54, 1.807) is 29.9 Å². The van der Waals surface area contributed by atoms with Crippen LogP contribution >= 0.6 is 0 Å². The first-order chi connectivity index (χ1) is 14.5. The summed E-state index contributed by atoms with van der Waals surface area (Å²) in [6.07, 6.45) is 7.01. The molecule has 1 N–H and O–H groups in total. The number of sulfone groups is 1. The Morgan fingerprint density at radius 1 is 1.07 bits per heavy atom. The molecule has 2 aliphatic heterocycles. The number of nitrogens with zero attached hydrogens (tertiary/aromatic N) is 2. The molecule has 0 aliphatic carbocycles. The van der Waals surface area contributed by atoms with Crippen molar-refractivity contribution in [1.29, 1.82) is 0 Å². The molecule has 0 bridgehead atoms. The van der Waals surface area contributed by atoms with Gasteiger partial charge in [0.25, 0.3) is 5.56 Å². The molecule has 0 amide bonds. The number of aromatic amines is 1. The highest BCUT2D eigenvalue weighted by Crippen LogP contribution is 2.38. The van der Waals surface area contributed by atoms with Gasteiger partial charge in [0, 0.05) is 54.7 Å². The summed E-state index contributed by atoms with van der Waals surface area (Å²) < 4.78 is 32.8. The molecule has 8 heteroatoms. The highest BCUT2D eigenvalue weighted by molar-refractivity contribution is 7.92. The van der Waals surface area contributed by atoms with Crippen LogP contribution in [-0.2, 0) is 21.6 Å². The van der Waals surface area contributed by atoms with E-state index >= 15 is 0 Å². The van der Waals surface area contributed by atoms with Crippen LogP contribution in [0.5, 0.6) is 0 Å². The fourth-order valence-corrected chi connectivity index (χ4v) is 5.86. The molecule has 7 nitrogen and oxygen atoms in total. The summed E-state index contributed by atoms with van der Waals surface area (Å²) in [7, 11) is -1.74. The molecule has 30 heavy (non-hydrogen) atoms. The van der Waals surface area contributed by atoms with E-state index in [4.69, 9.17) is 4.74 Å². The Hall–Kier alpha value is -2.58. The number of aromatic nitrogens is 2. The van der Waals surface area contributed by atoms with Gasteiger partial charge in [-0.25, -0.2) is 8.42 Å². The minimum absolute atomic E-state index is 0.103. The molecule has 0 unspecified atom stereocenters. The van der Waals surface area contributed by atoms with Crippen molar-refractivity contribution in [1.82, 2.24) is 9.55 Å². The van der Waals surface area contributed by atoms with Gasteiger partial charge in [-0.1, -0.05) is 0 Å². The van der Waals surface area contributed by atoms with Gasteiger partial charge in [-0.15, -0.1) is 0 Å². The molecule has 2 aliphatic rings. The molecular weight excluding hydrogens is 402 g/mol. The van der Waals surface area contributed by atoms with Crippen LogP contribution in [0.3, 0.4) is 0 Å². The lowest BCUT2D eigenvalue weighted by Gasteiger charge is -2.32. The number of aryl methyl sites for hydroxylation is 1. The lowest BCUT2D eigenvalue weighted by Crippen LogP contribution is -2.40. The highest BCUT2D eigenvalue weighted by Gasteiger charge is 2.34. The lowest BCUT2D eigenvalue weighted by atomic mass is 9.99. The minimum Gasteiger partial charge on any atom is -0.379 e. The van der Waals surface area contributed by atoms with Crippen LogP contribution < -0.4 is 10.5 Å². The number of piperidine rings is 1. The van der Waals surface area contributed by atoms with Gasteiger partial charge >= 0.3 is 0 Å². The Kier molecular flexibility index (Phi) is 4.71. The van der Waals surface area contributed by atoms with Gasteiger partial charge in [-0.3, -0.25) is 4.79 Å². The number of H-pyrrole nitrogens is 1. The Labute approximate surface area is 175 Å². The molecule has 158 valence electrons. The summed E-state index contributed by atoms with van der Waals surface area (Å²) in [5, 5.41) is 0.316. The second-order valence-corrected chi connectivity index (χ2v) is 10.4. The third kappa shape index (κ3) is 3.06. The maximum Gasteiger partial charge on any atom is 0.274 e. The van der Waals surface area contributed by atoms with Crippen molar-refractivity contribution in [3.8, 4) is 11.1 Å². The maximum absolute atomic E-state index is 13.1. The smallest absolute Gasteiger partial charge is 0.274 e. The molecule has 4 heterocycles.